The predicted octanol–water partition coefficient (Wildman–Crippen LogP) is 5.32. The van der Waals surface area contributed by atoms with Gasteiger partial charge in [0.05, 0.1) is 29.6 Å². The van der Waals surface area contributed by atoms with E-state index in [4.69, 9.17) is 4.74 Å². The molecule has 1 aromatic carbocycles. The predicted molar refractivity (Wildman–Crippen MR) is 92.4 cm³/mol. The molecular formula is C12H17BrIN2OP. The average molecular weight is 443 g/mol. The number of fused-ring (bicyclic) bond motifs is 1. The molecule has 0 aliphatic carbocycles. The third kappa shape index (κ3) is 3.36. The van der Waals surface area contributed by atoms with Gasteiger partial charge in [-0.05, 0) is 48.0 Å². The van der Waals surface area contributed by atoms with Crippen LogP contribution in [0.25, 0.3) is 10.9 Å². The van der Waals surface area contributed by atoms with Crippen LogP contribution in [0.5, 0.6) is 5.75 Å². The van der Waals surface area contributed by atoms with E-state index in [-0.39, 0.29) is 0 Å². The second kappa shape index (κ2) is 7.65. The quantitative estimate of drug-likeness (QED) is 0.475. The fraction of sp³-hybridized carbons (Fsp3) is 0.417. The Morgan fingerprint density at radius 1 is 1.44 bits per heavy atom. The molecule has 3 nitrogen and oxygen atoms in total. The fourth-order valence-corrected chi connectivity index (χ4v) is 3.67. The second-order valence-electron chi connectivity index (χ2n) is 3.31. The molecule has 100 valence electrons. The van der Waals surface area contributed by atoms with Crippen LogP contribution in [-0.4, -0.2) is 16.2 Å². The highest BCUT2D eigenvalue weighted by Gasteiger charge is 2.13. The van der Waals surface area contributed by atoms with Crippen LogP contribution in [-0.2, 0) is 0 Å². The summed E-state index contributed by atoms with van der Waals surface area (Å²) in [4.78, 5) is 0. The lowest BCUT2D eigenvalue weighted by Gasteiger charge is -2.06. The van der Waals surface area contributed by atoms with E-state index >= 15 is 0 Å². The first-order valence-electron chi connectivity index (χ1n) is 5.85. The van der Waals surface area contributed by atoms with Gasteiger partial charge in [-0.2, -0.15) is 5.10 Å². The van der Waals surface area contributed by atoms with Crippen molar-refractivity contribution >= 4 is 55.2 Å². The highest BCUT2D eigenvalue weighted by molar-refractivity contribution is 14.2. The van der Waals surface area contributed by atoms with Crippen molar-refractivity contribution < 1.29 is 4.74 Å². The number of ether oxygens (including phenoxy) is 1. The van der Waals surface area contributed by atoms with Crippen LogP contribution < -0.4 is 4.74 Å². The fourth-order valence-electron chi connectivity index (χ4n) is 1.69. The Kier molecular flexibility index (Phi) is 6.88. The number of aryl methyl sites for hydroxylation is 1. The molecule has 0 spiro atoms. The van der Waals surface area contributed by atoms with Crippen molar-refractivity contribution in [3.05, 3.63) is 22.3 Å². The number of nitrogens with zero attached hydrogens (tertiary/aromatic N) is 2. The monoisotopic (exact) mass is 442 g/mol. The van der Waals surface area contributed by atoms with Crippen molar-refractivity contribution in [3.63, 3.8) is 0 Å². The highest BCUT2D eigenvalue weighted by Crippen LogP contribution is 2.37. The maximum atomic E-state index is 5.66. The summed E-state index contributed by atoms with van der Waals surface area (Å²) in [6.45, 7) is 8.68. The van der Waals surface area contributed by atoms with E-state index in [9.17, 15) is 0 Å². The smallest absolute Gasteiger partial charge is 0.131 e. The summed E-state index contributed by atoms with van der Waals surface area (Å²) in [6.07, 6.45) is 0.599. The largest absolute Gasteiger partial charge is 0.493 e. The van der Waals surface area contributed by atoms with Crippen LogP contribution in [0.1, 0.15) is 26.5 Å². The highest BCUT2D eigenvalue weighted by atomic mass is 127. The number of rotatable bonds is 3. The average Bonchev–Trinajstić information content (AvgIpc) is 2.69. The van der Waals surface area contributed by atoms with Crippen molar-refractivity contribution in [2.24, 2.45) is 0 Å². The molecule has 2 rings (SSSR count). The van der Waals surface area contributed by atoms with Gasteiger partial charge in [-0.3, -0.25) is 0 Å². The summed E-state index contributed by atoms with van der Waals surface area (Å²) in [5.41, 5.74) is 2.15. The first-order valence-corrected chi connectivity index (χ1v) is 10.7. The third-order valence-electron chi connectivity index (χ3n) is 2.27. The van der Waals surface area contributed by atoms with Gasteiger partial charge in [0.2, 0.25) is 0 Å². The minimum atomic E-state index is 0.599. The summed E-state index contributed by atoms with van der Waals surface area (Å²) in [5.74, 6) is 0.908. The van der Waals surface area contributed by atoms with Crippen LogP contribution >= 0.6 is 44.3 Å². The molecule has 1 atom stereocenters. The molecule has 18 heavy (non-hydrogen) atoms. The maximum Gasteiger partial charge on any atom is 0.131 e. The lowest BCUT2D eigenvalue weighted by molar-refractivity contribution is 0.344. The van der Waals surface area contributed by atoms with Crippen LogP contribution in [0.3, 0.4) is 0 Å². The molecule has 1 unspecified atom stereocenters. The van der Waals surface area contributed by atoms with Crippen molar-refractivity contribution in [3.8, 4) is 5.75 Å². The first kappa shape index (κ1) is 16.2. The summed E-state index contributed by atoms with van der Waals surface area (Å²) in [5, 5.41) is 5.63. The molecule has 0 fully saturated rings. The van der Waals surface area contributed by atoms with Gasteiger partial charge >= 0.3 is 0 Å². The van der Waals surface area contributed by atoms with Gasteiger partial charge in [0.15, 0.2) is 0 Å². The normalized spacial score (nSPS) is 10.8. The molecule has 6 heteroatoms. The molecule has 0 aliphatic rings. The summed E-state index contributed by atoms with van der Waals surface area (Å²) in [6, 6.07) is 4.09. The topological polar surface area (TPSA) is 27.1 Å². The Balaban J connectivity index is 0.000000771. The Bertz CT molecular complexity index is 530. The van der Waals surface area contributed by atoms with Gasteiger partial charge in [-0.15, -0.1) is 0 Å². The Labute approximate surface area is 131 Å². The van der Waals surface area contributed by atoms with E-state index in [1.165, 1.54) is 0 Å². The van der Waals surface area contributed by atoms with Crippen LogP contribution in [0.15, 0.2) is 16.6 Å². The Hall–Kier alpha value is 0.130. The molecule has 1 aromatic heterocycles. The number of aromatic nitrogens is 2. The van der Waals surface area contributed by atoms with E-state index in [2.05, 4.69) is 49.1 Å². The zero-order chi connectivity index (χ0) is 13.7. The number of hydrogen-bond donors (Lipinski definition) is 0. The molecule has 0 aliphatic heterocycles. The van der Waals surface area contributed by atoms with E-state index in [0.29, 0.717) is 13.0 Å². The van der Waals surface area contributed by atoms with Gasteiger partial charge in [-0.25, -0.2) is 4.45 Å². The SMILES string of the molecule is CC.CCOc1cc(Br)cc2c1c(C)nn2PI. The van der Waals surface area contributed by atoms with Crippen molar-refractivity contribution in [2.45, 2.75) is 27.7 Å². The minimum absolute atomic E-state index is 0.599. The molecule has 1 heterocycles. The molecule has 2 aromatic rings. The van der Waals surface area contributed by atoms with E-state index in [0.717, 1.165) is 26.8 Å². The lowest BCUT2D eigenvalue weighted by atomic mass is 10.2. The zero-order valence-corrected chi connectivity index (χ0v) is 15.7. The summed E-state index contributed by atoms with van der Waals surface area (Å²) < 4.78 is 8.70. The van der Waals surface area contributed by atoms with Gasteiger partial charge in [0.25, 0.3) is 0 Å². The molecule has 0 amide bonds. The molecule has 0 N–H and O–H groups in total. The van der Waals surface area contributed by atoms with E-state index in [1.807, 2.05) is 38.2 Å². The standard InChI is InChI=1S/C10H11BrIN2OP.C2H6/c1-3-15-9-5-7(11)4-8-10(9)6(2)13-14(8)16-12;1-2/h4-5,16H,3H2,1-2H3;1-2H3. The maximum absolute atomic E-state index is 5.66. The molecule has 0 bridgehead atoms. The summed E-state index contributed by atoms with van der Waals surface area (Å²) >= 11 is 5.84. The van der Waals surface area contributed by atoms with Crippen LogP contribution in [0.2, 0.25) is 0 Å². The molecule has 0 saturated carbocycles. The number of halogens is 2. The first-order chi connectivity index (χ1) is 8.67. The van der Waals surface area contributed by atoms with Crippen LogP contribution in [0, 0.1) is 6.92 Å². The second-order valence-corrected chi connectivity index (χ2v) is 6.27. The molecule has 0 radical (unpaired) electrons. The Morgan fingerprint density at radius 2 is 2.11 bits per heavy atom. The van der Waals surface area contributed by atoms with Gasteiger partial charge in [0.1, 0.15) is 5.75 Å². The number of benzene rings is 1. The third-order valence-corrected chi connectivity index (χ3v) is 4.60. The van der Waals surface area contributed by atoms with Crippen LogP contribution in [0.4, 0.5) is 0 Å². The Morgan fingerprint density at radius 3 is 2.67 bits per heavy atom. The van der Waals surface area contributed by atoms with Crippen molar-refractivity contribution in [1.29, 1.82) is 0 Å². The van der Waals surface area contributed by atoms with Gasteiger partial charge in [0, 0.05) is 4.47 Å². The lowest BCUT2D eigenvalue weighted by Crippen LogP contribution is -1.92. The van der Waals surface area contributed by atoms with Gasteiger partial charge in [-0.1, -0.05) is 29.8 Å². The van der Waals surface area contributed by atoms with E-state index in [1.54, 1.807) is 0 Å². The summed E-state index contributed by atoms with van der Waals surface area (Å²) in [7, 11) is 0. The minimum Gasteiger partial charge on any atom is -0.493 e. The molecule has 0 saturated heterocycles. The van der Waals surface area contributed by atoms with Crippen molar-refractivity contribution in [2.75, 3.05) is 6.61 Å². The van der Waals surface area contributed by atoms with E-state index < -0.39 is 0 Å². The van der Waals surface area contributed by atoms with Crippen molar-refractivity contribution in [1.82, 2.24) is 9.55 Å². The van der Waals surface area contributed by atoms with Gasteiger partial charge < -0.3 is 4.74 Å². The molecular weight excluding hydrogens is 426 g/mol. The number of hydrogen-bond acceptors (Lipinski definition) is 2. The zero-order valence-electron chi connectivity index (χ0n) is 10.9.